The Hall–Kier alpha value is -2.54. The van der Waals surface area contributed by atoms with E-state index in [0.29, 0.717) is 32.8 Å². The van der Waals surface area contributed by atoms with E-state index < -0.39 is 0 Å². The molecule has 1 atom stereocenters. The van der Waals surface area contributed by atoms with Gasteiger partial charge in [-0.3, -0.25) is 4.79 Å². The zero-order chi connectivity index (χ0) is 20.5. The highest BCUT2D eigenvalue weighted by atomic mass is 16.5. The van der Waals surface area contributed by atoms with E-state index in [9.17, 15) is 4.79 Å². The summed E-state index contributed by atoms with van der Waals surface area (Å²) >= 11 is 0. The number of para-hydroxylation sites is 1. The van der Waals surface area contributed by atoms with Crippen LogP contribution in [0.5, 0.6) is 5.75 Å². The molecule has 1 unspecified atom stereocenters. The molecule has 1 aromatic carbocycles. The second-order valence-electron chi connectivity index (χ2n) is 7.19. The topological polar surface area (TPSA) is 66.4 Å². The monoisotopic (exact) mass is 400 g/mol. The van der Waals surface area contributed by atoms with Crippen molar-refractivity contribution < 1.29 is 14.3 Å². The lowest BCUT2D eigenvalue weighted by molar-refractivity contribution is -0.142. The Kier molecular flexibility index (Phi) is 7.93. The van der Waals surface area contributed by atoms with Gasteiger partial charge in [0.15, 0.2) is 5.96 Å². The molecule has 0 saturated carbocycles. The second kappa shape index (κ2) is 10.9. The first-order valence-corrected chi connectivity index (χ1v) is 10.5. The molecule has 2 saturated heterocycles. The lowest BCUT2D eigenvalue weighted by Gasteiger charge is -2.37. The fourth-order valence-electron chi connectivity index (χ4n) is 3.62. The Balaban J connectivity index is 1.60. The fourth-order valence-corrected chi connectivity index (χ4v) is 3.62. The summed E-state index contributed by atoms with van der Waals surface area (Å²) in [7, 11) is 0. The first-order valence-electron chi connectivity index (χ1n) is 10.5. The molecule has 2 fully saturated rings. The molecule has 0 radical (unpaired) electrons. The third-order valence-corrected chi connectivity index (χ3v) is 5.16. The average Bonchev–Trinajstić information content (AvgIpc) is 3.30. The molecule has 7 heteroatoms. The molecule has 158 valence electrons. The van der Waals surface area contributed by atoms with E-state index >= 15 is 0 Å². The minimum absolute atomic E-state index is 0.136. The third kappa shape index (κ3) is 5.73. The minimum Gasteiger partial charge on any atom is -0.489 e. The fraction of sp³-hybridized carbons (Fsp3) is 0.545. The molecule has 0 spiro atoms. The number of amides is 1. The van der Waals surface area contributed by atoms with E-state index in [0.717, 1.165) is 49.7 Å². The van der Waals surface area contributed by atoms with Crippen LogP contribution in [-0.2, 0) is 16.1 Å². The van der Waals surface area contributed by atoms with Crippen LogP contribution >= 0.6 is 0 Å². The van der Waals surface area contributed by atoms with Gasteiger partial charge < -0.3 is 24.6 Å². The molecular weight excluding hydrogens is 368 g/mol. The Morgan fingerprint density at radius 3 is 2.76 bits per heavy atom. The van der Waals surface area contributed by atoms with Crippen molar-refractivity contribution in [3.8, 4) is 5.75 Å². The van der Waals surface area contributed by atoms with Crippen LogP contribution in [0.4, 0.5) is 0 Å². The van der Waals surface area contributed by atoms with Gasteiger partial charge in [-0.15, -0.1) is 0 Å². The minimum atomic E-state index is -0.240. The maximum Gasteiger partial charge on any atom is 0.251 e. The molecule has 2 aliphatic rings. The van der Waals surface area contributed by atoms with Gasteiger partial charge >= 0.3 is 0 Å². The summed E-state index contributed by atoms with van der Waals surface area (Å²) < 4.78 is 11.3. The highest BCUT2D eigenvalue weighted by Crippen LogP contribution is 2.19. The summed E-state index contributed by atoms with van der Waals surface area (Å²) in [5.41, 5.74) is 1.04. The smallest absolute Gasteiger partial charge is 0.251 e. The summed E-state index contributed by atoms with van der Waals surface area (Å²) in [6.45, 7) is 11.2. The molecule has 0 bridgehead atoms. The summed E-state index contributed by atoms with van der Waals surface area (Å²) in [5.74, 6) is 1.84. The Labute approximate surface area is 173 Å². The third-order valence-electron chi connectivity index (χ3n) is 5.16. The number of benzene rings is 1. The van der Waals surface area contributed by atoms with Gasteiger partial charge in [-0.25, -0.2) is 4.99 Å². The van der Waals surface area contributed by atoms with Crippen molar-refractivity contribution in [3.05, 3.63) is 42.5 Å². The molecule has 2 aliphatic heterocycles. The number of piperazine rings is 1. The molecule has 1 amide bonds. The molecule has 1 N–H and O–H groups in total. The SMILES string of the molecule is C=CCOc1ccccc1CN=C(NCC)N1CCN(C(=O)C2CCCO2)CC1. The van der Waals surface area contributed by atoms with Crippen LogP contribution in [-0.4, -0.2) is 73.7 Å². The number of carbonyl (C=O) groups excluding carboxylic acids is 1. The van der Waals surface area contributed by atoms with Crippen molar-refractivity contribution in [1.29, 1.82) is 0 Å². The second-order valence-corrected chi connectivity index (χ2v) is 7.19. The zero-order valence-electron chi connectivity index (χ0n) is 17.3. The maximum absolute atomic E-state index is 12.6. The number of guanidine groups is 1. The van der Waals surface area contributed by atoms with Crippen LogP contribution in [0.2, 0.25) is 0 Å². The summed E-state index contributed by atoms with van der Waals surface area (Å²) in [5, 5.41) is 3.38. The lowest BCUT2D eigenvalue weighted by atomic mass is 10.2. The van der Waals surface area contributed by atoms with Crippen LogP contribution in [0, 0.1) is 0 Å². The predicted octanol–water partition coefficient (Wildman–Crippen LogP) is 2.04. The van der Waals surface area contributed by atoms with Crippen LogP contribution in [0.1, 0.15) is 25.3 Å². The van der Waals surface area contributed by atoms with Crippen molar-refractivity contribution >= 4 is 11.9 Å². The number of carbonyl (C=O) groups is 1. The van der Waals surface area contributed by atoms with Crippen molar-refractivity contribution in [2.24, 2.45) is 4.99 Å². The van der Waals surface area contributed by atoms with Crippen molar-refractivity contribution in [1.82, 2.24) is 15.1 Å². The van der Waals surface area contributed by atoms with E-state index in [1.807, 2.05) is 29.2 Å². The van der Waals surface area contributed by atoms with Crippen molar-refractivity contribution in [2.45, 2.75) is 32.4 Å². The van der Waals surface area contributed by atoms with E-state index in [-0.39, 0.29) is 12.0 Å². The number of nitrogens with zero attached hydrogens (tertiary/aromatic N) is 3. The summed E-state index contributed by atoms with van der Waals surface area (Å²) in [4.78, 5) is 21.5. The number of ether oxygens (including phenoxy) is 2. The number of hydrogen-bond acceptors (Lipinski definition) is 4. The van der Waals surface area contributed by atoms with E-state index in [4.69, 9.17) is 14.5 Å². The summed E-state index contributed by atoms with van der Waals surface area (Å²) in [6, 6.07) is 7.94. The lowest BCUT2D eigenvalue weighted by Crippen LogP contribution is -2.55. The number of rotatable bonds is 7. The zero-order valence-corrected chi connectivity index (χ0v) is 17.3. The van der Waals surface area contributed by atoms with E-state index in [1.54, 1.807) is 6.08 Å². The van der Waals surface area contributed by atoms with Crippen LogP contribution in [0.25, 0.3) is 0 Å². The molecule has 0 aromatic heterocycles. The summed E-state index contributed by atoms with van der Waals surface area (Å²) in [6.07, 6.45) is 3.32. The van der Waals surface area contributed by atoms with Gasteiger partial charge in [-0.05, 0) is 25.8 Å². The molecule has 29 heavy (non-hydrogen) atoms. The van der Waals surface area contributed by atoms with Crippen LogP contribution in [0.15, 0.2) is 41.9 Å². The first-order chi connectivity index (χ1) is 14.2. The largest absolute Gasteiger partial charge is 0.489 e. The molecule has 3 rings (SSSR count). The normalized spacial score (nSPS) is 19.9. The van der Waals surface area contributed by atoms with Gasteiger partial charge in [0.25, 0.3) is 5.91 Å². The first kappa shape index (κ1) is 21.2. The van der Waals surface area contributed by atoms with Crippen LogP contribution in [0.3, 0.4) is 0 Å². The average molecular weight is 401 g/mol. The Bertz CT molecular complexity index is 708. The molecule has 2 heterocycles. The molecule has 0 aliphatic carbocycles. The van der Waals surface area contributed by atoms with Gasteiger partial charge in [0.1, 0.15) is 18.5 Å². The molecule has 1 aromatic rings. The van der Waals surface area contributed by atoms with Crippen LogP contribution < -0.4 is 10.1 Å². The van der Waals surface area contributed by atoms with Gasteiger partial charge in [-0.2, -0.15) is 0 Å². The standard InChI is InChI=1S/C22H32N4O3/c1-3-15-28-19-9-6-5-8-18(19)17-24-22(23-4-2)26-13-11-25(12-14-26)21(27)20-10-7-16-29-20/h3,5-6,8-9,20H,1,4,7,10-17H2,2H3,(H,23,24). The van der Waals surface area contributed by atoms with Gasteiger partial charge in [-0.1, -0.05) is 30.9 Å². The van der Waals surface area contributed by atoms with Crippen molar-refractivity contribution in [3.63, 3.8) is 0 Å². The van der Waals surface area contributed by atoms with E-state index in [2.05, 4.69) is 23.7 Å². The predicted molar refractivity (Wildman–Crippen MR) is 114 cm³/mol. The molecule has 7 nitrogen and oxygen atoms in total. The highest BCUT2D eigenvalue weighted by Gasteiger charge is 2.30. The molecular formula is C22H32N4O3. The number of aliphatic imine (C=N–C) groups is 1. The number of nitrogens with one attached hydrogen (secondary N) is 1. The Morgan fingerprint density at radius 2 is 2.07 bits per heavy atom. The van der Waals surface area contributed by atoms with Gasteiger partial charge in [0.2, 0.25) is 0 Å². The number of hydrogen-bond donors (Lipinski definition) is 1. The van der Waals surface area contributed by atoms with Crippen molar-refractivity contribution in [2.75, 3.05) is 45.9 Å². The maximum atomic E-state index is 12.6. The Morgan fingerprint density at radius 1 is 1.31 bits per heavy atom. The van der Waals surface area contributed by atoms with E-state index in [1.165, 1.54) is 0 Å². The van der Waals surface area contributed by atoms with Gasteiger partial charge in [0.05, 0.1) is 6.54 Å². The highest BCUT2D eigenvalue weighted by molar-refractivity contribution is 5.83. The van der Waals surface area contributed by atoms with Gasteiger partial charge in [0, 0.05) is 44.9 Å². The quantitative estimate of drug-likeness (QED) is 0.431.